The van der Waals surface area contributed by atoms with E-state index < -0.39 is 0 Å². The van der Waals surface area contributed by atoms with Gasteiger partial charge >= 0.3 is 0 Å². The van der Waals surface area contributed by atoms with E-state index in [0.29, 0.717) is 35.9 Å². The molecule has 7 heteroatoms. The molecule has 1 amide bonds. The largest absolute Gasteiger partial charge is 0.399 e. The Morgan fingerprint density at radius 3 is 2.59 bits per heavy atom. The Morgan fingerprint density at radius 2 is 2.00 bits per heavy atom. The predicted molar refractivity (Wildman–Crippen MR) is 120 cm³/mol. The van der Waals surface area contributed by atoms with Crippen molar-refractivity contribution < 1.29 is 9.53 Å². The molecule has 1 atom stereocenters. The Hall–Kier alpha value is -2.67. The quantitative estimate of drug-likeness (QED) is 0.624. The van der Waals surface area contributed by atoms with Crippen molar-refractivity contribution in [1.29, 1.82) is 0 Å². The van der Waals surface area contributed by atoms with E-state index in [2.05, 4.69) is 27.1 Å². The van der Waals surface area contributed by atoms with Crippen LogP contribution in [0, 0.1) is 0 Å². The Kier molecular flexibility index (Phi) is 8.86. The smallest absolute Gasteiger partial charge is 0.265 e. The van der Waals surface area contributed by atoms with Gasteiger partial charge in [0.25, 0.3) is 5.91 Å². The Labute approximate surface area is 173 Å². The zero-order valence-corrected chi connectivity index (χ0v) is 17.9. The first-order valence-corrected chi connectivity index (χ1v) is 10.1. The summed E-state index contributed by atoms with van der Waals surface area (Å²) in [4.78, 5) is 23.4. The first kappa shape index (κ1) is 22.6. The Balaban J connectivity index is 2.17. The molecule has 1 aliphatic rings. The van der Waals surface area contributed by atoms with Crippen molar-refractivity contribution in [2.45, 2.75) is 39.7 Å². The molecule has 2 rings (SSSR count). The maximum absolute atomic E-state index is 12.5. The topological polar surface area (TPSA) is 92.3 Å². The number of nitrogens with two attached hydrogens (primary N) is 1. The molecule has 29 heavy (non-hydrogen) atoms. The molecular formula is C22H33N5O2. The molecule has 7 nitrogen and oxygen atoms in total. The van der Waals surface area contributed by atoms with Crippen LogP contribution in [-0.4, -0.2) is 56.7 Å². The zero-order valence-electron chi connectivity index (χ0n) is 17.9. The molecule has 0 radical (unpaired) electrons. The van der Waals surface area contributed by atoms with Crippen molar-refractivity contribution in [3.05, 3.63) is 41.7 Å². The van der Waals surface area contributed by atoms with Crippen molar-refractivity contribution >= 4 is 23.0 Å². The van der Waals surface area contributed by atoms with Gasteiger partial charge in [-0.25, -0.2) is 4.99 Å². The van der Waals surface area contributed by atoms with Crippen molar-refractivity contribution in [2.75, 3.05) is 38.2 Å². The third-order valence-electron chi connectivity index (χ3n) is 4.97. The molecule has 0 bridgehead atoms. The van der Waals surface area contributed by atoms with Crippen LogP contribution in [-0.2, 0) is 9.53 Å². The number of carbonyl (C=O) groups is 1. The van der Waals surface area contributed by atoms with E-state index in [0.717, 1.165) is 31.7 Å². The fraction of sp³-hybridized carbons (Fsp3) is 0.500. The van der Waals surface area contributed by atoms with Crippen LogP contribution in [0.15, 0.2) is 51.7 Å². The van der Waals surface area contributed by atoms with E-state index in [1.807, 2.05) is 37.3 Å². The monoisotopic (exact) mass is 399 g/mol. The van der Waals surface area contributed by atoms with Crippen LogP contribution in [0.1, 0.15) is 33.6 Å². The van der Waals surface area contributed by atoms with E-state index in [1.165, 1.54) is 0 Å². The summed E-state index contributed by atoms with van der Waals surface area (Å²) in [5.41, 5.74) is 9.68. The summed E-state index contributed by atoms with van der Waals surface area (Å²) in [6.07, 6.45) is 2.11. The molecule has 0 aromatic heterocycles. The fourth-order valence-corrected chi connectivity index (χ4v) is 3.15. The van der Waals surface area contributed by atoms with E-state index in [1.54, 1.807) is 14.0 Å². The number of hydrogen-bond acceptors (Lipinski definition) is 6. The SMILES string of the molecule is CCN(C/C(N)=C(\N=C(/C)C(=O)NCC1CCCO1)C(/C)=N\C)c1ccccc1. The number of likely N-dealkylation sites (N-methyl/N-ethyl adjacent to an activating group) is 1. The zero-order chi connectivity index (χ0) is 21.2. The van der Waals surface area contributed by atoms with Gasteiger partial charge in [-0.1, -0.05) is 18.2 Å². The number of hydrogen-bond donors (Lipinski definition) is 2. The van der Waals surface area contributed by atoms with Crippen LogP contribution < -0.4 is 16.0 Å². The minimum atomic E-state index is -0.217. The molecule has 1 heterocycles. The van der Waals surface area contributed by atoms with E-state index in [4.69, 9.17) is 10.5 Å². The summed E-state index contributed by atoms with van der Waals surface area (Å²) < 4.78 is 5.55. The molecule has 158 valence electrons. The lowest BCUT2D eigenvalue weighted by atomic mass is 10.2. The van der Waals surface area contributed by atoms with E-state index >= 15 is 0 Å². The van der Waals surface area contributed by atoms with Gasteiger partial charge in [-0.3, -0.25) is 9.79 Å². The highest BCUT2D eigenvalue weighted by atomic mass is 16.5. The van der Waals surface area contributed by atoms with Crippen molar-refractivity contribution in [1.82, 2.24) is 5.32 Å². The first-order chi connectivity index (χ1) is 14.0. The number of allylic oxidation sites excluding steroid dienone is 1. The fourth-order valence-electron chi connectivity index (χ4n) is 3.15. The lowest BCUT2D eigenvalue weighted by molar-refractivity contribution is -0.115. The summed E-state index contributed by atoms with van der Waals surface area (Å²) in [5, 5.41) is 2.89. The van der Waals surface area contributed by atoms with Crippen LogP contribution in [0.4, 0.5) is 5.69 Å². The Morgan fingerprint density at radius 1 is 1.28 bits per heavy atom. The summed E-state index contributed by atoms with van der Waals surface area (Å²) in [7, 11) is 1.69. The highest BCUT2D eigenvalue weighted by molar-refractivity contribution is 6.38. The summed E-state index contributed by atoms with van der Waals surface area (Å²) >= 11 is 0. The second kappa shape index (κ2) is 11.4. The molecule has 3 N–H and O–H groups in total. The average molecular weight is 400 g/mol. The van der Waals surface area contributed by atoms with Crippen LogP contribution >= 0.6 is 0 Å². The third kappa shape index (κ3) is 6.71. The minimum Gasteiger partial charge on any atom is -0.399 e. The second-order valence-electron chi connectivity index (χ2n) is 7.07. The molecule has 1 aromatic rings. The van der Waals surface area contributed by atoms with Crippen LogP contribution in [0.25, 0.3) is 0 Å². The molecule has 1 aliphatic heterocycles. The van der Waals surface area contributed by atoms with Crippen LogP contribution in [0.5, 0.6) is 0 Å². The van der Waals surface area contributed by atoms with Gasteiger partial charge in [0.2, 0.25) is 0 Å². The highest BCUT2D eigenvalue weighted by Crippen LogP contribution is 2.16. The number of rotatable bonds is 9. The first-order valence-electron chi connectivity index (χ1n) is 10.1. The molecule has 1 aromatic carbocycles. The van der Waals surface area contributed by atoms with Crippen molar-refractivity contribution in [2.24, 2.45) is 15.7 Å². The molecule has 1 saturated heterocycles. The lowest BCUT2D eigenvalue weighted by Gasteiger charge is -2.24. The predicted octanol–water partition coefficient (Wildman–Crippen LogP) is 2.53. The number of nitrogens with one attached hydrogen (secondary N) is 1. The van der Waals surface area contributed by atoms with Crippen LogP contribution in [0.2, 0.25) is 0 Å². The van der Waals surface area contributed by atoms with Gasteiger partial charge in [-0.15, -0.1) is 0 Å². The normalized spacial score (nSPS) is 18.4. The summed E-state index contributed by atoms with van der Waals surface area (Å²) in [5.74, 6) is -0.217. The molecule has 0 spiro atoms. The number of aliphatic imine (C=N–C) groups is 2. The van der Waals surface area contributed by atoms with Gasteiger partial charge in [-0.05, 0) is 45.7 Å². The number of benzene rings is 1. The van der Waals surface area contributed by atoms with Crippen molar-refractivity contribution in [3.8, 4) is 0 Å². The number of nitrogens with zero attached hydrogens (tertiary/aromatic N) is 3. The number of para-hydroxylation sites is 1. The van der Waals surface area contributed by atoms with Gasteiger partial charge in [0.15, 0.2) is 0 Å². The third-order valence-corrected chi connectivity index (χ3v) is 4.97. The van der Waals surface area contributed by atoms with Gasteiger partial charge in [0, 0.05) is 32.4 Å². The summed E-state index contributed by atoms with van der Waals surface area (Å²) in [6, 6.07) is 10.1. The van der Waals surface area contributed by atoms with Gasteiger partial charge < -0.3 is 20.7 Å². The molecule has 0 aliphatic carbocycles. The molecule has 1 fully saturated rings. The molecular weight excluding hydrogens is 366 g/mol. The lowest BCUT2D eigenvalue weighted by Crippen LogP contribution is -2.36. The van der Waals surface area contributed by atoms with Gasteiger partial charge in [0.1, 0.15) is 11.4 Å². The Bertz CT molecular complexity index is 765. The number of carbonyl (C=O) groups excluding carboxylic acids is 1. The van der Waals surface area contributed by atoms with Gasteiger partial charge in [-0.2, -0.15) is 0 Å². The van der Waals surface area contributed by atoms with E-state index in [9.17, 15) is 4.79 Å². The maximum atomic E-state index is 12.5. The minimum absolute atomic E-state index is 0.0924. The summed E-state index contributed by atoms with van der Waals surface area (Å²) in [6.45, 7) is 8.17. The van der Waals surface area contributed by atoms with Gasteiger partial charge in [0.05, 0.1) is 24.1 Å². The number of anilines is 1. The average Bonchev–Trinajstić information content (AvgIpc) is 3.27. The van der Waals surface area contributed by atoms with Crippen LogP contribution in [0.3, 0.4) is 0 Å². The molecule has 0 saturated carbocycles. The highest BCUT2D eigenvalue weighted by Gasteiger charge is 2.18. The standard InChI is InChI=1S/C22H33N5O2/c1-5-27(18-10-7-6-8-11-18)15-20(23)21(16(2)24-4)26-17(3)22(28)25-14-19-12-9-13-29-19/h6-8,10-11,19H,5,9,12-15,23H2,1-4H3,(H,25,28)/b21-20+,24-16-,26-17+. The molecule has 1 unspecified atom stereocenters. The van der Waals surface area contributed by atoms with Crippen molar-refractivity contribution in [3.63, 3.8) is 0 Å². The van der Waals surface area contributed by atoms with E-state index in [-0.39, 0.29) is 12.0 Å². The maximum Gasteiger partial charge on any atom is 0.265 e. The number of ether oxygens (including phenoxy) is 1. The second-order valence-corrected chi connectivity index (χ2v) is 7.07. The number of amides is 1.